The highest BCUT2D eigenvalue weighted by Gasteiger charge is 2.25. The van der Waals surface area contributed by atoms with Gasteiger partial charge in [0.2, 0.25) is 0 Å². The van der Waals surface area contributed by atoms with Crippen molar-refractivity contribution in [2.75, 3.05) is 0 Å². The molecule has 0 saturated carbocycles. The molecule has 0 unspecified atom stereocenters. The normalized spacial score (nSPS) is 14.6. The summed E-state index contributed by atoms with van der Waals surface area (Å²) < 4.78 is 0. The molecule has 0 heterocycles. The van der Waals surface area contributed by atoms with E-state index in [9.17, 15) is 0 Å². The van der Waals surface area contributed by atoms with Gasteiger partial charge in [-0.1, -0.05) is 62.1 Å². The monoisotopic (exact) mass is 204 g/mol. The van der Waals surface area contributed by atoms with Crippen LogP contribution in [0, 0.1) is 0 Å². The molecule has 0 radical (unpaired) electrons. The number of hydrogen-bond donors (Lipinski definition) is 0. The van der Waals surface area contributed by atoms with E-state index in [-0.39, 0.29) is 0 Å². The summed E-state index contributed by atoms with van der Waals surface area (Å²) in [5.41, 5.74) is 2.11. The molecule has 0 spiro atoms. The van der Waals surface area contributed by atoms with Gasteiger partial charge in [0.25, 0.3) is 0 Å². The first-order valence-electron chi connectivity index (χ1n) is 5.23. The van der Waals surface area contributed by atoms with Crippen LogP contribution in [0.5, 0.6) is 0 Å². The second-order valence-electron chi connectivity index (χ2n) is 4.78. The lowest BCUT2D eigenvalue weighted by atomic mass is 10.1. The Morgan fingerprint density at radius 3 is 2.07 bits per heavy atom. The van der Waals surface area contributed by atoms with Gasteiger partial charge in [-0.15, -0.1) is 0 Å². The van der Waals surface area contributed by atoms with E-state index in [1.54, 1.807) is 0 Å². The van der Waals surface area contributed by atoms with E-state index in [1.807, 2.05) is 0 Å². The van der Waals surface area contributed by atoms with Gasteiger partial charge >= 0.3 is 0 Å². The van der Waals surface area contributed by atoms with Gasteiger partial charge in [0.15, 0.2) is 0 Å². The van der Waals surface area contributed by atoms with E-state index in [0.29, 0.717) is 5.54 Å². The highest BCUT2D eigenvalue weighted by Crippen LogP contribution is 2.27. The highest BCUT2D eigenvalue weighted by atomic mass is 28.3. The maximum Gasteiger partial charge on any atom is 0.0565 e. The van der Waals surface area contributed by atoms with Crippen molar-refractivity contribution in [3.63, 3.8) is 0 Å². The Hall–Kier alpha value is -0.823. The average Bonchev–Trinajstić information content (AvgIpc) is 2.14. The van der Waals surface area contributed by atoms with Crippen molar-refractivity contribution >= 4 is 8.07 Å². The molecule has 1 heteroatoms. The topological polar surface area (TPSA) is 0 Å². The fourth-order valence-corrected chi connectivity index (χ4v) is 3.71. The summed E-state index contributed by atoms with van der Waals surface area (Å²) in [6, 6.07) is 10.8. The maximum absolute atomic E-state index is 2.42. The molecular weight excluding hydrogens is 184 g/mol. The molecule has 1 atom stereocenters. The fraction of sp³-hybridized carbons (Fsp3) is 0.385. The predicted octanol–water partition coefficient (Wildman–Crippen LogP) is 4.22. The number of rotatable bonds is 3. The Kier molecular flexibility index (Phi) is 3.70. The fourth-order valence-electron chi connectivity index (χ4n) is 1.75. The number of allylic oxidation sites excluding steroid dienone is 2. The minimum Gasteiger partial charge on any atom is -0.0913 e. The van der Waals surface area contributed by atoms with E-state index in [0.717, 1.165) is 0 Å². The van der Waals surface area contributed by atoms with Crippen LogP contribution in [0.2, 0.25) is 19.6 Å². The first-order valence-corrected chi connectivity index (χ1v) is 8.81. The first-order chi connectivity index (χ1) is 6.55. The molecule has 0 bridgehead atoms. The van der Waals surface area contributed by atoms with Crippen molar-refractivity contribution in [2.45, 2.75) is 32.1 Å². The zero-order valence-corrected chi connectivity index (χ0v) is 10.6. The van der Waals surface area contributed by atoms with Crippen LogP contribution in [-0.2, 0) is 0 Å². The number of benzene rings is 1. The molecule has 0 fully saturated rings. The summed E-state index contributed by atoms with van der Waals surface area (Å²) in [5.74, 6) is 0. The van der Waals surface area contributed by atoms with Crippen molar-refractivity contribution in [2.24, 2.45) is 0 Å². The standard InChI is InChI=1S/C13H20Si/c1-5-9-13(14(2,3)4)12-10-7-6-8-11-12/h5-11,13H,1-4H3/t13-/m1/s1. The quantitative estimate of drug-likeness (QED) is 0.511. The average molecular weight is 204 g/mol. The second-order valence-corrected chi connectivity index (χ2v) is 10.1. The summed E-state index contributed by atoms with van der Waals surface area (Å²) in [6.07, 6.45) is 4.53. The molecule has 1 aromatic rings. The van der Waals surface area contributed by atoms with Crippen LogP contribution in [0.3, 0.4) is 0 Å². The lowest BCUT2D eigenvalue weighted by Gasteiger charge is -2.26. The van der Waals surface area contributed by atoms with Gasteiger partial charge in [-0.2, -0.15) is 0 Å². The lowest BCUT2D eigenvalue weighted by Crippen LogP contribution is -2.29. The Morgan fingerprint density at radius 2 is 1.64 bits per heavy atom. The van der Waals surface area contributed by atoms with Gasteiger partial charge in [-0.05, 0) is 18.0 Å². The van der Waals surface area contributed by atoms with Gasteiger partial charge in [-0.25, -0.2) is 0 Å². The van der Waals surface area contributed by atoms with E-state index in [2.05, 4.69) is 69.0 Å². The molecule has 0 aliphatic carbocycles. The minimum absolute atomic E-state index is 0.647. The van der Waals surface area contributed by atoms with Crippen LogP contribution in [0.4, 0.5) is 0 Å². The molecule has 0 nitrogen and oxygen atoms in total. The van der Waals surface area contributed by atoms with Crippen molar-refractivity contribution in [1.82, 2.24) is 0 Å². The molecule has 0 saturated heterocycles. The Morgan fingerprint density at radius 1 is 1.07 bits per heavy atom. The molecule has 1 rings (SSSR count). The van der Waals surface area contributed by atoms with Crippen molar-refractivity contribution in [1.29, 1.82) is 0 Å². The van der Waals surface area contributed by atoms with Crippen molar-refractivity contribution in [3.05, 3.63) is 48.0 Å². The van der Waals surface area contributed by atoms with E-state index >= 15 is 0 Å². The summed E-state index contributed by atoms with van der Waals surface area (Å²) in [4.78, 5) is 0. The molecule has 76 valence electrons. The largest absolute Gasteiger partial charge is 0.0913 e. The molecule has 1 aromatic carbocycles. The Balaban J connectivity index is 3.01. The van der Waals surface area contributed by atoms with Crippen LogP contribution in [-0.4, -0.2) is 8.07 Å². The Bertz CT molecular complexity index is 293. The third-order valence-corrected chi connectivity index (χ3v) is 4.87. The maximum atomic E-state index is 2.42. The summed E-state index contributed by atoms with van der Waals surface area (Å²) in [5, 5.41) is 0. The second kappa shape index (κ2) is 4.60. The zero-order valence-electron chi connectivity index (χ0n) is 9.62. The smallest absolute Gasteiger partial charge is 0.0565 e. The van der Waals surface area contributed by atoms with Crippen molar-refractivity contribution < 1.29 is 0 Å². The summed E-state index contributed by atoms with van der Waals surface area (Å²) in [6.45, 7) is 9.37. The molecule has 0 N–H and O–H groups in total. The molecule has 14 heavy (non-hydrogen) atoms. The van der Waals surface area contributed by atoms with Crippen LogP contribution >= 0.6 is 0 Å². The van der Waals surface area contributed by atoms with Crippen LogP contribution in [0.25, 0.3) is 0 Å². The molecular formula is C13H20Si. The van der Waals surface area contributed by atoms with Gasteiger partial charge in [0, 0.05) is 0 Å². The summed E-state index contributed by atoms with van der Waals surface area (Å²) in [7, 11) is -1.14. The molecule has 0 aliphatic heterocycles. The summed E-state index contributed by atoms with van der Waals surface area (Å²) >= 11 is 0. The molecule has 0 aromatic heterocycles. The zero-order chi connectivity index (χ0) is 10.6. The van der Waals surface area contributed by atoms with Gasteiger partial charge in [0.05, 0.1) is 8.07 Å². The third-order valence-electron chi connectivity index (χ3n) is 2.48. The van der Waals surface area contributed by atoms with E-state index in [4.69, 9.17) is 0 Å². The first kappa shape index (κ1) is 11.3. The molecule has 0 amide bonds. The van der Waals surface area contributed by atoms with Crippen molar-refractivity contribution in [3.8, 4) is 0 Å². The van der Waals surface area contributed by atoms with Gasteiger partial charge in [-0.3, -0.25) is 0 Å². The van der Waals surface area contributed by atoms with Crippen LogP contribution < -0.4 is 0 Å². The predicted molar refractivity (Wildman–Crippen MR) is 67.3 cm³/mol. The van der Waals surface area contributed by atoms with Gasteiger partial charge in [0.1, 0.15) is 0 Å². The van der Waals surface area contributed by atoms with Crippen LogP contribution in [0.1, 0.15) is 18.0 Å². The van der Waals surface area contributed by atoms with Crippen LogP contribution in [0.15, 0.2) is 42.5 Å². The Labute approximate surface area is 88.7 Å². The van der Waals surface area contributed by atoms with E-state index in [1.165, 1.54) is 5.56 Å². The van der Waals surface area contributed by atoms with E-state index < -0.39 is 8.07 Å². The highest BCUT2D eigenvalue weighted by molar-refractivity contribution is 6.77. The van der Waals surface area contributed by atoms with Gasteiger partial charge < -0.3 is 0 Å². The number of hydrogen-bond acceptors (Lipinski definition) is 0. The SMILES string of the molecule is CC=C[C@H](c1ccccc1)[Si](C)(C)C. The molecule has 0 aliphatic rings. The third kappa shape index (κ3) is 2.84. The lowest BCUT2D eigenvalue weighted by molar-refractivity contribution is 1.13. The minimum atomic E-state index is -1.14.